The number of carbonyl (C=O) groups is 2. The van der Waals surface area contributed by atoms with Gasteiger partial charge in [0.1, 0.15) is 0 Å². The quantitative estimate of drug-likeness (QED) is 0.602. The highest BCUT2D eigenvalue weighted by atomic mass is 32.2. The second-order valence-corrected chi connectivity index (χ2v) is 6.35. The van der Waals surface area contributed by atoms with Crippen LogP contribution in [0.3, 0.4) is 0 Å². The Kier molecular flexibility index (Phi) is 6.88. The first-order chi connectivity index (χ1) is 11.6. The van der Waals surface area contributed by atoms with Gasteiger partial charge in [-0.2, -0.15) is 0 Å². The van der Waals surface area contributed by atoms with Gasteiger partial charge in [-0.1, -0.05) is 36.8 Å². The Morgan fingerprint density at radius 3 is 2.50 bits per heavy atom. The zero-order valence-corrected chi connectivity index (χ0v) is 14.7. The van der Waals surface area contributed by atoms with Crippen molar-refractivity contribution in [3.63, 3.8) is 0 Å². The molecule has 24 heavy (non-hydrogen) atoms. The molecule has 2 aromatic rings. The van der Waals surface area contributed by atoms with E-state index in [0.717, 1.165) is 22.6 Å². The molecule has 0 fully saturated rings. The van der Waals surface area contributed by atoms with Crippen LogP contribution in [0, 0.1) is 6.92 Å². The molecule has 2 aromatic carbocycles. The normalized spacial score (nSPS) is 10.2. The second kappa shape index (κ2) is 9.13. The van der Waals surface area contributed by atoms with Crippen molar-refractivity contribution in [1.29, 1.82) is 0 Å². The number of hydrogen-bond donors (Lipinski definition) is 1. The van der Waals surface area contributed by atoms with Gasteiger partial charge in [0.05, 0.1) is 17.9 Å². The second-order valence-electron chi connectivity index (χ2n) is 5.33. The maximum atomic E-state index is 12.1. The number of nitrogens with one attached hydrogen (secondary N) is 1. The first kappa shape index (κ1) is 18.1. The molecule has 5 heteroatoms. The van der Waals surface area contributed by atoms with Crippen LogP contribution in [0.25, 0.3) is 0 Å². The van der Waals surface area contributed by atoms with Gasteiger partial charge in [0.15, 0.2) is 0 Å². The smallest absolute Gasteiger partial charge is 0.339 e. The van der Waals surface area contributed by atoms with E-state index in [-0.39, 0.29) is 17.6 Å². The number of hydrogen-bond acceptors (Lipinski definition) is 4. The largest absolute Gasteiger partial charge is 0.462 e. The van der Waals surface area contributed by atoms with Gasteiger partial charge >= 0.3 is 5.97 Å². The highest BCUT2D eigenvalue weighted by molar-refractivity contribution is 8.00. The molecular formula is C19H21NO3S. The molecule has 0 saturated heterocycles. The number of esters is 1. The standard InChI is InChI=1S/C19H21NO3S/c1-3-12-23-19(22)16-6-4-5-7-17(16)24-13-18(21)20-15-10-8-14(2)9-11-15/h4-11H,3,12-13H2,1-2H3,(H,20,21). The average Bonchev–Trinajstić information content (AvgIpc) is 2.60. The third-order valence-corrected chi connectivity index (χ3v) is 4.31. The molecule has 1 N–H and O–H groups in total. The Labute approximate surface area is 146 Å². The van der Waals surface area contributed by atoms with E-state index in [2.05, 4.69) is 5.32 Å². The zero-order chi connectivity index (χ0) is 17.4. The monoisotopic (exact) mass is 343 g/mol. The fourth-order valence-electron chi connectivity index (χ4n) is 2.01. The number of amides is 1. The van der Waals surface area contributed by atoms with E-state index < -0.39 is 0 Å². The molecule has 0 spiro atoms. The lowest BCUT2D eigenvalue weighted by molar-refractivity contribution is -0.113. The van der Waals surface area contributed by atoms with E-state index >= 15 is 0 Å². The molecule has 0 saturated carbocycles. The summed E-state index contributed by atoms with van der Waals surface area (Å²) in [7, 11) is 0. The van der Waals surface area contributed by atoms with Crippen molar-refractivity contribution >= 4 is 29.3 Å². The third-order valence-electron chi connectivity index (χ3n) is 3.24. The Morgan fingerprint density at radius 1 is 1.08 bits per heavy atom. The lowest BCUT2D eigenvalue weighted by atomic mass is 10.2. The molecule has 0 heterocycles. The molecule has 1 amide bonds. The molecule has 0 aliphatic rings. The lowest BCUT2D eigenvalue weighted by Gasteiger charge is -2.09. The van der Waals surface area contributed by atoms with Gasteiger partial charge in [-0.15, -0.1) is 11.8 Å². The summed E-state index contributed by atoms with van der Waals surface area (Å²) in [6.07, 6.45) is 0.778. The predicted octanol–water partition coefficient (Wildman–Crippen LogP) is 4.29. The van der Waals surface area contributed by atoms with Crippen molar-refractivity contribution in [3.8, 4) is 0 Å². The molecule has 0 aromatic heterocycles. The minimum Gasteiger partial charge on any atom is -0.462 e. The Hall–Kier alpha value is -2.27. The van der Waals surface area contributed by atoms with Crippen molar-refractivity contribution < 1.29 is 14.3 Å². The molecule has 126 valence electrons. The van der Waals surface area contributed by atoms with Crippen LogP contribution in [0.1, 0.15) is 29.3 Å². The van der Waals surface area contributed by atoms with Crippen molar-refractivity contribution in [2.24, 2.45) is 0 Å². The maximum absolute atomic E-state index is 12.1. The van der Waals surface area contributed by atoms with E-state index in [9.17, 15) is 9.59 Å². The van der Waals surface area contributed by atoms with Gasteiger partial charge in [0, 0.05) is 10.6 Å². The van der Waals surface area contributed by atoms with Gasteiger partial charge in [0.25, 0.3) is 0 Å². The summed E-state index contributed by atoms with van der Waals surface area (Å²) in [5, 5.41) is 2.85. The number of anilines is 1. The first-order valence-electron chi connectivity index (χ1n) is 7.85. The number of ether oxygens (including phenoxy) is 1. The van der Waals surface area contributed by atoms with E-state index in [1.54, 1.807) is 12.1 Å². The zero-order valence-electron chi connectivity index (χ0n) is 13.9. The Balaban J connectivity index is 1.95. The molecular weight excluding hydrogens is 322 g/mol. The predicted molar refractivity (Wildman–Crippen MR) is 97.5 cm³/mol. The van der Waals surface area contributed by atoms with Gasteiger partial charge in [0.2, 0.25) is 5.91 Å². The summed E-state index contributed by atoms with van der Waals surface area (Å²) in [6.45, 7) is 4.34. The van der Waals surface area contributed by atoms with Crippen LogP contribution in [0.15, 0.2) is 53.4 Å². The summed E-state index contributed by atoms with van der Waals surface area (Å²) in [4.78, 5) is 24.9. The Morgan fingerprint density at radius 2 is 1.79 bits per heavy atom. The van der Waals surface area contributed by atoms with Crippen LogP contribution in [-0.4, -0.2) is 24.2 Å². The fraction of sp³-hybridized carbons (Fsp3) is 0.263. The number of aryl methyl sites for hydroxylation is 1. The molecule has 0 atom stereocenters. The highest BCUT2D eigenvalue weighted by Crippen LogP contribution is 2.23. The molecule has 0 unspecified atom stereocenters. The van der Waals surface area contributed by atoms with Crippen LogP contribution >= 0.6 is 11.8 Å². The van der Waals surface area contributed by atoms with Gasteiger partial charge in [-0.05, 0) is 37.6 Å². The SMILES string of the molecule is CCCOC(=O)c1ccccc1SCC(=O)Nc1ccc(C)cc1. The van der Waals surface area contributed by atoms with Crippen molar-refractivity contribution in [3.05, 3.63) is 59.7 Å². The molecule has 4 nitrogen and oxygen atoms in total. The molecule has 0 aliphatic carbocycles. The third kappa shape index (κ3) is 5.42. The van der Waals surface area contributed by atoms with E-state index in [4.69, 9.17) is 4.74 Å². The van der Waals surface area contributed by atoms with Crippen LogP contribution in [0.4, 0.5) is 5.69 Å². The van der Waals surface area contributed by atoms with E-state index in [1.807, 2.05) is 50.2 Å². The van der Waals surface area contributed by atoms with Gasteiger partial charge in [-0.3, -0.25) is 4.79 Å². The summed E-state index contributed by atoms with van der Waals surface area (Å²) in [6, 6.07) is 14.8. The van der Waals surface area contributed by atoms with E-state index in [1.165, 1.54) is 11.8 Å². The van der Waals surface area contributed by atoms with Crippen LogP contribution < -0.4 is 5.32 Å². The minimum atomic E-state index is -0.348. The Bertz CT molecular complexity index is 698. The summed E-state index contributed by atoms with van der Waals surface area (Å²) in [5.41, 5.74) is 2.41. The van der Waals surface area contributed by atoms with Crippen LogP contribution in [0.5, 0.6) is 0 Å². The van der Waals surface area contributed by atoms with E-state index in [0.29, 0.717) is 12.2 Å². The summed E-state index contributed by atoms with van der Waals surface area (Å²) in [5.74, 6) is -0.231. The van der Waals surface area contributed by atoms with Crippen LogP contribution in [-0.2, 0) is 9.53 Å². The summed E-state index contributed by atoms with van der Waals surface area (Å²) >= 11 is 1.33. The number of thioether (sulfide) groups is 1. The topological polar surface area (TPSA) is 55.4 Å². The van der Waals surface area contributed by atoms with Crippen molar-refractivity contribution in [2.45, 2.75) is 25.2 Å². The van der Waals surface area contributed by atoms with Gasteiger partial charge in [-0.25, -0.2) is 4.79 Å². The fourth-order valence-corrected chi connectivity index (χ4v) is 2.85. The first-order valence-corrected chi connectivity index (χ1v) is 8.84. The van der Waals surface area contributed by atoms with Crippen molar-refractivity contribution in [1.82, 2.24) is 0 Å². The van der Waals surface area contributed by atoms with Crippen molar-refractivity contribution in [2.75, 3.05) is 17.7 Å². The van der Waals surface area contributed by atoms with Gasteiger partial charge < -0.3 is 10.1 Å². The number of rotatable bonds is 7. The lowest BCUT2D eigenvalue weighted by Crippen LogP contribution is -2.14. The molecule has 0 bridgehead atoms. The molecule has 2 rings (SSSR count). The minimum absolute atomic E-state index is 0.111. The average molecular weight is 343 g/mol. The maximum Gasteiger partial charge on any atom is 0.339 e. The summed E-state index contributed by atoms with van der Waals surface area (Å²) < 4.78 is 5.18. The van der Waals surface area contributed by atoms with Crippen LogP contribution in [0.2, 0.25) is 0 Å². The molecule has 0 radical (unpaired) electrons. The molecule has 0 aliphatic heterocycles. The number of benzene rings is 2. The number of carbonyl (C=O) groups excluding carboxylic acids is 2. The highest BCUT2D eigenvalue weighted by Gasteiger charge is 2.13.